The maximum Gasteiger partial charge on any atom is 0.242 e. The highest BCUT2D eigenvalue weighted by molar-refractivity contribution is 7.89. The number of hydrogen-bond donors (Lipinski definition) is 1. The molecule has 6 nitrogen and oxygen atoms in total. The zero-order valence-corrected chi connectivity index (χ0v) is 22.1. The summed E-state index contributed by atoms with van der Waals surface area (Å²) < 4.78 is 27.7. The molecule has 192 valence electrons. The molecular weight excluding hydrogens is 458 g/mol. The van der Waals surface area contributed by atoms with E-state index in [2.05, 4.69) is 29.3 Å². The Labute approximate surface area is 211 Å². The van der Waals surface area contributed by atoms with Crippen LogP contribution < -0.4 is 5.32 Å². The van der Waals surface area contributed by atoms with E-state index in [4.69, 9.17) is 0 Å². The number of likely N-dealkylation sites (N-methyl/N-ethyl adjacent to an activating group) is 1. The van der Waals surface area contributed by atoms with Gasteiger partial charge in [-0.15, -0.1) is 0 Å². The van der Waals surface area contributed by atoms with Crippen molar-refractivity contribution in [3.63, 3.8) is 0 Å². The minimum atomic E-state index is -3.54. The number of nitrogens with zero attached hydrogens (tertiary/aromatic N) is 2. The van der Waals surface area contributed by atoms with Gasteiger partial charge in [-0.05, 0) is 68.9 Å². The van der Waals surface area contributed by atoms with Crippen molar-refractivity contribution < 1.29 is 13.2 Å². The summed E-state index contributed by atoms with van der Waals surface area (Å²) in [5.41, 5.74) is 1.16. The Morgan fingerprint density at radius 2 is 1.66 bits per heavy atom. The molecule has 1 heterocycles. The van der Waals surface area contributed by atoms with Crippen LogP contribution in [0.5, 0.6) is 0 Å². The Hall–Kier alpha value is -2.22. The second-order valence-corrected chi connectivity index (χ2v) is 11.7. The maximum atomic E-state index is 13.1. The lowest BCUT2D eigenvalue weighted by molar-refractivity contribution is -0.126. The maximum absolute atomic E-state index is 13.1. The minimum Gasteiger partial charge on any atom is -0.356 e. The molecule has 1 atom stereocenters. The lowest BCUT2D eigenvalue weighted by Crippen LogP contribution is -2.41. The Balaban J connectivity index is 1.55. The molecule has 35 heavy (non-hydrogen) atoms. The van der Waals surface area contributed by atoms with Crippen molar-refractivity contribution in [2.45, 2.75) is 56.3 Å². The Morgan fingerprint density at radius 3 is 2.29 bits per heavy atom. The van der Waals surface area contributed by atoms with Gasteiger partial charge in [0, 0.05) is 26.1 Å². The molecule has 3 rings (SSSR count). The first kappa shape index (κ1) is 27.4. The molecule has 1 unspecified atom stereocenters. The highest BCUT2D eigenvalue weighted by Gasteiger charge is 2.27. The third-order valence-electron chi connectivity index (χ3n) is 7.03. The van der Waals surface area contributed by atoms with Crippen LogP contribution >= 0.6 is 0 Å². The van der Waals surface area contributed by atoms with E-state index in [0.717, 1.165) is 70.3 Å². The van der Waals surface area contributed by atoms with Crippen LogP contribution in [-0.2, 0) is 14.8 Å². The van der Waals surface area contributed by atoms with E-state index < -0.39 is 10.0 Å². The number of carbonyl (C=O) groups excluding carboxylic acids is 1. The van der Waals surface area contributed by atoms with Crippen molar-refractivity contribution in [3.05, 3.63) is 66.2 Å². The lowest BCUT2D eigenvalue weighted by Gasteiger charge is -2.33. The average Bonchev–Trinajstić information content (AvgIpc) is 2.90. The number of piperidine rings is 1. The fourth-order valence-electron chi connectivity index (χ4n) is 4.76. The highest BCUT2D eigenvalue weighted by atomic mass is 32.2. The number of nitrogens with one attached hydrogen (secondary N) is 1. The zero-order chi connectivity index (χ0) is 25.1. The molecule has 1 saturated heterocycles. The zero-order valence-electron chi connectivity index (χ0n) is 21.2. The van der Waals surface area contributed by atoms with Gasteiger partial charge in [-0.1, -0.05) is 68.3 Å². The molecule has 2 aromatic rings. The fourth-order valence-corrected chi connectivity index (χ4v) is 5.99. The van der Waals surface area contributed by atoms with Crippen LogP contribution in [-0.4, -0.2) is 63.3 Å². The van der Waals surface area contributed by atoms with Gasteiger partial charge in [-0.3, -0.25) is 4.79 Å². The van der Waals surface area contributed by atoms with Crippen molar-refractivity contribution in [3.8, 4) is 0 Å². The number of unbranched alkanes of at least 4 members (excludes halogenated alkanes) is 2. The Bertz CT molecular complexity index is 991. The molecule has 0 aromatic heterocycles. The molecule has 1 aliphatic rings. The summed E-state index contributed by atoms with van der Waals surface area (Å²) in [5, 5.41) is 3.10. The summed E-state index contributed by atoms with van der Waals surface area (Å²) in [6.45, 7) is 6.09. The summed E-state index contributed by atoms with van der Waals surface area (Å²) >= 11 is 0. The molecule has 1 aliphatic heterocycles. The molecule has 0 spiro atoms. The summed E-state index contributed by atoms with van der Waals surface area (Å²) in [7, 11) is -1.87. The van der Waals surface area contributed by atoms with Gasteiger partial charge in [0.2, 0.25) is 15.9 Å². The first-order valence-electron chi connectivity index (χ1n) is 13.0. The number of likely N-dealkylation sites (tertiary alicyclic amines) is 1. The van der Waals surface area contributed by atoms with E-state index in [1.807, 2.05) is 24.3 Å². The standard InChI is InChI=1S/C28H41N3O3S/c1-3-4-11-19-29-28(32)25-16-20-31(21-17-25)22-18-26(24-12-7-5-8-13-24)23-30(2)35(33,34)27-14-9-6-10-15-27/h5-10,12-15,25-26H,3-4,11,16-23H2,1-2H3,(H,29,32). The average molecular weight is 500 g/mol. The Morgan fingerprint density at radius 1 is 1.03 bits per heavy atom. The van der Waals surface area contributed by atoms with Crippen molar-refractivity contribution in [2.24, 2.45) is 5.92 Å². The van der Waals surface area contributed by atoms with E-state index in [-0.39, 0.29) is 17.7 Å². The molecule has 1 fully saturated rings. The number of benzene rings is 2. The number of amides is 1. The van der Waals surface area contributed by atoms with Crippen LogP contribution in [0.2, 0.25) is 0 Å². The van der Waals surface area contributed by atoms with Gasteiger partial charge < -0.3 is 10.2 Å². The Kier molecular flexibility index (Phi) is 10.8. The summed E-state index contributed by atoms with van der Waals surface area (Å²) in [5.74, 6) is 0.412. The number of carbonyl (C=O) groups is 1. The third-order valence-corrected chi connectivity index (χ3v) is 8.87. The first-order chi connectivity index (χ1) is 16.9. The molecule has 0 bridgehead atoms. The number of rotatable bonds is 13. The summed E-state index contributed by atoms with van der Waals surface area (Å²) in [6.07, 6.45) is 6.01. The van der Waals surface area contributed by atoms with Gasteiger partial charge in [0.25, 0.3) is 0 Å². The van der Waals surface area contributed by atoms with Crippen molar-refractivity contribution in [2.75, 3.05) is 39.8 Å². The third kappa shape index (κ3) is 8.16. The molecule has 1 N–H and O–H groups in total. The minimum absolute atomic E-state index is 0.0966. The van der Waals surface area contributed by atoms with Gasteiger partial charge in [0.05, 0.1) is 4.90 Å². The monoisotopic (exact) mass is 499 g/mol. The van der Waals surface area contributed by atoms with Crippen LogP contribution in [0.1, 0.15) is 56.9 Å². The SMILES string of the molecule is CCCCCNC(=O)C1CCN(CCC(CN(C)S(=O)(=O)c2ccccc2)c2ccccc2)CC1. The quantitative estimate of drug-likeness (QED) is 0.412. The van der Waals surface area contributed by atoms with E-state index >= 15 is 0 Å². The molecule has 7 heteroatoms. The van der Waals surface area contributed by atoms with E-state index in [1.54, 1.807) is 31.3 Å². The number of sulfonamides is 1. The number of hydrogen-bond acceptors (Lipinski definition) is 4. The molecule has 2 aromatic carbocycles. The molecule has 0 radical (unpaired) electrons. The van der Waals surface area contributed by atoms with Crippen LogP contribution in [0.25, 0.3) is 0 Å². The van der Waals surface area contributed by atoms with Crippen LogP contribution in [0, 0.1) is 5.92 Å². The van der Waals surface area contributed by atoms with E-state index in [1.165, 1.54) is 4.31 Å². The van der Waals surface area contributed by atoms with Crippen molar-refractivity contribution in [1.29, 1.82) is 0 Å². The van der Waals surface area contributed by atoms with Crippen LogP contribution in [0.4, 0.5) is 0 Å². The van der Waals surface area contributed by atoms with Crippen molar-refractivity contribution >= 4 is 15.9 Å². The van der Waals surface area contributed by atoms with Gasteiger partial charge in [0.1, 0.15) is 0 Å². The molecule has 0 saturated carbocycles. The first-order valence-corrected chi connectivity index (χ1v) is 14.4. The molecule has 0 aliphatic carbocycles. The van der Waals surface area contributed by atoms with E-state index in [9.17, 15) is 13.2 Å². The van der Waals surface area contributed by atoms with E-state index in [0.29, 0.717) is 11.4 Å². The predicted molar refractivity (Wildman–Crippen MR) is 142 cm³/mol. The predicted octanol–water partition coefficient (Wildman–Crippen LogP) is 4.50. The lowest BCUT2D eigenvalue weighted by atomic mass is 9.93. The molecular formula is C28H41N3O3S. The smallest absolute Gasteiger partial charge is 0.242 e. The van der Waals surface area contributed by atoms with Crippen LogP contribution in [0.3, 0.4) is 0 Å². The van der Waals surface area contributed by atoms with Crippen molar-refractivity contribution in [1.82, 2.24) is 14.5 Å². The highest BCUT2D eigenvalue weighted by Crippen LogP contribution is 2.25. The summed E-state index contributed by atoms with van der Waals surface area (Å²) in [6, 6.07) is 18.8. The normalized spacial score (nSPS) is 16.3. The fraction of sp³-hybridized carbons (Fsp3) is 0.536. The largest absolute Gasteiger partial charge is 0.356 e. The second-order valence-electron chi connectivity index (χ2n) is 9.61. The van der Waals surface area contributed by atoms with Crippen LogP contribution in [0.15, 0.2) is 65.6 Å². The van der Waals surface area contributed by atoms with Gasteiger partial charge >= 0.3 is 0 Å². The summed E-state index contributed by atoms with van der Waals surface area (Å²) in [4.78, 5) is 15.2. The van der Waals surface area contributed by atoms with Gasteiger partial charge in [0.15, 0.2) is 0 Å². The van der Waals surface area contributed by atoms with Gasteiger partial charge in [-0.2, -0.15) is 0 Å². The van der Waals surface area contributed by atoms with Gasteiger partial charge in [-0.25, -0.2) is 12.7 Å². The molecule has 1 amide bonds. The second kappa shape index (κ2) is 13.8. The topological polar surface area (TPSA) is 69.7 Å².